The Balaban J connectivity index is 1.50. The Bertz CT molecular complexity index is 597. The van der Waals surface area contributed by atoms with Crippen LogP contribution in [-0.4, -0.2) is 49.7 Å². The van der Waals surface area contributed by atoms with E-state index >= 15 is 0 Å². The van der Waals surface area contributed by atoms with Crippen molar-refractivity contribution in [1.82, 2.24) is 4.90 Å². The highest BCUT2D eigenvalue weighted by molar-refractivity contribution is 5.98. The van der Waals surface area contributed by atoms with Crippen LogP contribution in [0.1, 0.15) is 31.7 Å². The zero-order valence-electron chi connectivity index (χ0n) is 14.0. The van der Waals surface area contributed by atoms with E-state index in [0.29, 0.717) is 5.41 Å². The number of nitrogens with zero attached hydrogens (tertiary/aromatic N) is 2. The first kappa shape index (κ1) is 15.2. The summed E-state index contributed by atoms with van der Waals surface area (Å²) in [5, 5.41) is 0. The maximum atomic E-state index is 13.1. The van der Waals surface area contributed by atoms with Crippen molar-refractivity contribution in [3.8, 4) is 0 Å². The first-order valence-corrected chi connectivity index (χ1v) is 8.90. The smallest absolute Gasteiger partial charge is 0.244 e. The maximum Gasteiger partial charge on any atom is 0.244 e. The Morgan fingerprint density at radius 1 is 1.26 bits per heavy atom. The van der Waals surface area contributed by atoms with E-state index in [1.807, 2.05) is 11.0 Å². The van der Waals surface area contributed by atoms with E-state index in [1.165, 1.54) is 24.8 Å². The molecule has 1 spiro atoms. The molecule has 23 heavy (non-hydrogen) atoms. The number of benzene rings is 1. The average molecular weight is 314 g/mol. The molecule has 2 heterocycles. The molecule has 1 saturated carbocycles. The van der Waals surface area contributed by atoms with Gasteiger partial charge in [0.25, 0.3) is 0 Å². The number of fused-ring (bicyclic) bond motifs is 1. The van der Waals surface area contributed by atoms with Gasteiger partial charge in [0.1, 0.15) is 0 Å². The van der Waals surface area contributed by atoms with Crippen molar-refractivity contribution in [1.29, 1.82) is 0 Å². The number of hydrogen-bond acceptors (Lipinski definition) is 3. The lowest BCUT2D eigenvalue weighted by molar-refractivity contribution is -0.123. The van der Waals surface area contributed by atoms with Gasteiger partial charge in [-0.3, -0.25) is 9.69 Å². The zero-order valence-corrected chi connectivity index (χ0v) is 14.0. The van der Waals surface area contributed by atoms with Crippen molar-refractivity contribution < 1.29 is 9.53 Å². The van der Waals surface area contributed by atoms with Gasteiger partial charge in [0.2, 0.25) is 5.91 Å². The van der Waals surface area contributed by atoms with Crippen LogP contribution >= 0.6 is 0 Å². The van der Waals surface area contributed by atoms with Gasteiger partial charge in [-0.1, -0.05) is 24.6 Å². The molecule has 1 atom stereocenters. The van der Waals surface area contributed by atoms with E-state index in [0.717, 1.165) is 45.0 Å². The van der Waals surface area contributed by atoms with Gasteiger partial charge in [-0.05, 0) is 37.8 Å². The molecule has 4 heteroatoms. The molecule has 1 saturated heterocycles. The molecule has 3 aliphatic rings. The van der Waals surface area contributed by atoms with Crippen LogP contribution in [-0.2, 0) is 16.0 Å². The van der Waals surface area contributed by atoms with Crippen LogP contribution in [0.2, 0.25) is 0 Å². The molecule has 1 unspecified atom stereocenters. The van der Waals surface area contributed by atoms with Crippen molar-refractivity contribution in [3.63, 3.8) is 0 Å². The third-order valence-electron chi connectivity index (χ3n) is 5.94. The molecule has 0 radical (unpaired) electrons. The Hall–Kier alpha value is -1.39. The number of hydrogen-bond donors (Lipinski definition) is 0. The van der Waals surface area contributed by atoms with Crippen LogP contribution < -0.4 is 4.90 Å². The summed E-state index contributed by atoms with van der Waals surface area (Å²) in [6.07, 6.45) is 4.77. The van der Waals surface area contributed by atoms with Gasteiger partial charge in [0.15, 0.2) is 0 Å². The quantitative estimate of drug-likeness (QED) is 0.841. The fourth-order valence-corrected chi connectivity index (χ4v) is 4.28. The SMILES string of the molecule is CC(C(=O)N1CCc2ccccc21)N1CCOCC2(CCC2)C1. The van der Waals surface area contributed by atoms with Gasteiger partial charge in [-0.25, -0.2) is 0 Å². The molecular weight excluding hydrogens is 288 g/mol. The maximum absolute atomic E-state index is 13.1. The van der Waals surface area contributed by atoms with Gasteiger partial charge in [0.05, 0.1) is 19.3 Å². The number of rotatable bonds is 2. The van der Waals surface area contributed by atoms with E-state index in [1.54, 1.807) is 0 Å². The second-order valence-electron chi connectivity index (χ2n) is 7.42. The van der Waals surface area contributed by atoms with Crippen LogP contribution in [0.4, 0.5) is 5.69 Å². The lowest BCUT2D eigenvalue weighted by atomic mass is 9.69. The van der Waals surface area contributed by atoms with Gasteiger partial charge < -0.3 is 9.64 Å². The van der Waals surface area contributed by atoms with E-state index in [4.69, 9.17) is 4.74 Å². The lowest BCUT2D eigenvalue weighted by Gasteiger charge is -2.44. The Morgan fingerprint density at radius 2 is 2.09 bits per heavy atom. The standard InChI is InChI=1S/C19H26N2O2/c1-15(20-11-12-23-14-19(13-20)8-4-9-19)18(22)21-10-7-16-5-2-3-6-17(16)21/h2-3,5-6,15H,4,7-14H2,1H3. The highest BCUT2D eigenvalue weighted by Gasteiger charge is 2.42. The predicted molar refractivity (Wildman–Crippen MR) is 90.6 cm³/mol. The summed E-state index contributed by atoms with van der Waals surface area (Å²) in [5.74, 6) is 0.242. The lowest BCUT2D eigenvalue weighted by Crippen LogP contribution is -2.52. The number of para-hydroxylation sites is 1. The van der Waals surface area contributed by atoms with Crippen molar-refractivity contribution >= 4 is 11.6 Å². The van der Waals surface area contributed by atoms with Crippen molar-refractivity contribution in [2.24, 2.45) is 5.41 Å². The summed E-state index contributed by atoms with van der Waals surface area (Å²) in [6.45, 7) is 6.38. The summed E-state index contributed by atoms with van der Waals surface area (Å²) >= 11 is 0. The number of anilines is 1. The summed E-state index contributed by atoms with van der Waals surface area (Å²) < 4.78 is 5.83. The van der Waals surface area contributed by atoms with Crippen molar-refractivity contribution in [2.45, 2.75) is 38.6 Å². The van der Waals surface area contributed by atoms with Gasteiger partial charge in [0, 0.05) is 30.7 Å². The highest BCUT2D eigenvalue weighted by atomic mass is 16.5. The minimum atomic E-state index is -0.0691. The van der Waals surface area contributed by atoms with Crippen LogP contribution in [0.3, 0.4) is 0 Å². The Morgan fingerprint density at radius 3 is 2.87 bits per heavy atom. The molecular formula is C19H26N2O2. The molecule has 0 N–H and O–H groups in total. The monoisotopic (exact) mass is 314 g/mol. The molecule has 4 nitrogen and oxygen atoms in total. The van der Waals surface area contributed by atoms with Crippen LogP contribution in [0.25, 0.3) is 0 Å². The van der Waals surface area contributed by atoms with Crippen LogP contribution in [0.15, 0.2) is 24.3 Å². The molecule has 2 aliphatic heterocycles. The molecule has 4 rings (SSSR count). The Labute approximate surface area is 138 Å². The Kier molecular flexibility index (Phi) is 3.90. The van der Waals surface area contributed by atoms with E-state index in [-0.39, 0.29) is 11.9 Å². The predicted octanol–water partition coefficient (Wildman–Crippen LogP) is 2.47. The number of amides is 1. The first-order chi connectivity index (χ1) is 11.2. The number of ether oxygens (including phenoxy) is 1. The molecule has 2 fully saturated rings. The largest absolute Gasteiger partial charge is 0.379 e. The first-order valence-electron chi connectivity index (χ1n) is 8.90. The molecule has 0 aromatic heterocycles. The third kappa shape index (κ3) is 2.68. The normalized spacial score (nSPS) is 24.8. The molecule has 0 bridgehead atoms. The fraction of sp³-hybridized carbons (Fsp3) is 0.632. The number of carbonyl (C=O) groups is 1. The minimum absolute atomic E-state index is 0.0691. The highest BCUT2D eigenvalue weighted by Crippen LogP contribution is 2.43. The van der Waals surface area contributed by atoms with E-state index in [9.17, 15) is 4.79 Å². The van der Waals surface area contributed by atoms with Gasteiger partial charge >= 0.3 is 0 Å². The minimum Gasteiger partial charge on any atom is -0.379 e. The topological polar surface area (TPSA) is 32.8 Å². The molecule has 124 valence electrons. The summed E-state index contributed by atoms with van der Waals surface area (Å²) in [4.78, 5) is 17.4. The second-order valence-corrected chi connectivity index (χ2v) is 7.42. The van der Waals surface area contributed by atoms with Crippen LogP contribution in [0.5, 0.6) is 0 Å². The van der Waals surface area contributed by atoms with Crippen molar-refractivity contribution in [3.05, 3.63) is 29.8 Å². The fourth-order valence-electron chi connectivity index (χ4n) is 4.28. The van der Waals surface area contributed by atoms with Gasteiger partial charge in [-0.2, -0.15) is 0 Å². The average Bonchev–Trinajstić information content (AvgIpc) is 2.82. The second kappa shape index (κ2) is 5.91. The van der Waals surface area contributed by atoms with E-state index < -0.39 is 0 Å². The van der Waals surface area contributed by atoms with E-state index in [2.05, 4.69) is 30.0 Å². The van der Waals surface area contributed by atoms with Crippen LogP contribution in [0, 0.1) is 5.41 Å². The molecule has 1 amide bonds. The number of carbonyl (C=O) groups excluding carboxylic acids is 1. The summed E-state index contributed by atoms with van der Waals surface area (Å²) in [5.41, 5.74) is 2.71. The zero-order chi connectivity index (χ0) is 15.9. The third-order valence-corrected chi connectivity index (χ3v) is 5.94. The van der Waals surface area contributed by atoms with Crippen molar-refractivity contribution in [2.75, 3.05) is 37.7 Å². The molecule has 1 aromatic rings. The molecule has 1 aromatic carbocycles. The summed E-state index contributed by atoms with van der Waals surface area (Å²) in [6, 6.07) is 8.23. The van der Waals surface area contributed by atoms with Gasteiger partial charge in [-0.15, -0.1) is 0 Å². The molecule has 1 aliphatic carbocycles. The summed E-state index contributed by atoms with van der Waals surface area (Å²) in [7, 11) is 0.